The van der Waals surface area contributed by atoms with Crippen LogP contribution in [0.4, 0.5) is 5.13 Å². The first kappa shape index (κ1) is 16.9. The lowest BCUT2D eigenvalue weighted by Crippen LogP contribution is -2.35. The van der Waals surface area contributed by atoms with E-state index < -0.39 is 0 Å². The third kappa shape index (κ3) is 3.82. The van der Waals surface area contributed by atoms with Crippen molar-refractivity contribution in [1.29, 1.82) is 0 Å². The lowest BCUT2D eigenvalue weighted by molar-refractivity contribution is 0.0337. The molecule has 2 aromatic heterocycles. The number of aromatic nitrogens is 3. The quantitative estimate of drug-likeness (QED) is 0.748. The van der Waals surface area contributed by atoms with E-state index >= 15 is 0 Å². The largest absolute Gasteiger partial charge is 0.379 e. The van der Waals surface area contributed by atoms with Gasteiger partial charge in [-0.25, -0.2) is 9.67 Å². The van der Waals surface area contributed by atoms with Crippen LogP contribution in [0.5, 0.6) is 0 Å². The Labute approximate surface area is 155 Å². The van der Waals surface area contributed by atoms with Crippen LogP contribution in [-0.2, 0) is 11.3 Å². The van der Waals surface area contributed by atoms with Crippen molar-refractivity contribution in [2.75, 3.05) is 31.6 Å². The van der Waals surface area contributed by atoms with Gasteiger partial charge in [-0.05, 0) is 18.2 Å². The third-order valence-electron chi connectivity index (χ3n) is 4.16. The number of ether oxygens (including phenoxy) is 1. The fourth-order valence-electron chi connectivity index (χ4n) is 2.87. The average Bonchev–Trinajstić information content (AvgIpc) is 3.35. The van der Waals surface area contributed by atoms with E-state index in [1.807, 2.05) is 35.8 Å². The number of benzene rings is 1. The van der Waals surface area contributed by atoms with Gasteiger partial charge in [0.05, 0.1) is 30.2 Å². The first-order valence-corrected chi connectivity index (χ1v) is 9.32. The first-order valence-electron chi connectivity index (χ1n) is 8.44. The molecule has 0 saturated carbocycles. The number of anilines is 1. The summed E-state index contributed by atoms with van der Waals surface area (Å²) in [4.78, 5) is 19.6. The molecule has 3 heterocycles. The Balaban J connectivity index is 1.46. The maximum absolute atomic E-state index is 12.7. The van der Waals surface area contributed by atoms with Crippen molar-refractivity contribution in [3.63, 3.8) is 0 Å². The monoisotopic (exact) mass is 369 g/mol. The lowest BCUT2D eigenvalue weighted by atomic mass is 10.1. The highest BCUT2D eigenvalue weighted by Crippen LogP contribution is 2.20. The van der Waals surface area contributed by atoms with Gasteiger partial charge < -0.3 is 4.74 Å². The van der Waals surface area contributed by atoms with E-state index in [2.05, 4.69) is 20.3 Å². The molecule has 134 valence electrons. The minimum absolute atomic E-state index is 0.191. The van der Waals surface area contributed by atoms with Crippen molar-refractivity contribution in [3.8, 4) is 5.69 Å². The van der Waals surface area contributed by atoms with Gasteiger partial charge in [0.15, 0.2) is 5.13 Å². The second-order valence-corrected chi connectivity index (χ2v) is 6.81. The molecule has 1 aliphatic heterocycles. The Kier molecular flexibility index (Phi) is 5.05. The summed E-state index contributed by atoms with van der Waals surface area (Å²) < 4.78 is 7.04. The van der Waals surface area contributed by atoms with Crippen molar-refractivity contribution >= 4 is 22.4 Å². The Hall–Kier alpha value is -2.55. The molecule has 8 heteroatoms. The zero-order valence-corrected chi connectivity index (χ0v) is 15.0. The number of rotatable bonds is 5. The summed E-state index contributed by atoms with van der Waals surface area (Å²) in [6.07, 6.45) is 3.50. The molecule has 1 saturated heterocycles. The van der Waals surface area contributed by atoms with Crippen LogP contribution in [-0.4, -0.2) is 51.9 Å². The molecule has 0 atom stereocenters. The second-order valence-electron chi connectivity index (χ2n) is 5.95. The van der Waals surface area contributed by atoms with E-state index in [1.54, 1.807) is 16.9 Å². The highest BCUT2D eigenvalue weighted by Gasteiger charge is 2.16. The Bertz CT molecular complexity index is 871. The molecule has 0 aliphatic carbocycles. The lowest BCUT2D eigenvalue weighted by Gasteiger charge is -2.25. The summed E-state index contributed by atoms with van der Waals surface area (Å²) in [6, 6.07) is 9.21. The third-order valence-corrected chi connectivity index (χ3v) is 4.97. The number of carbonyl (C=O) groups is 1. The van der Waals surface area contributed by atoms with Crippen molar-refractivity contribution in [2.45, 2.75) is 6.54 Å². The van der Waals surface area contributed by atoms with Crippen molar-refractivity contribution < 1.29 is 9.53 Å². The molecular weight excluding hydrogens is 350 g/mol. The van der Waals surface area contributed by atoms with Crippen LogP contribution in [0.25, 0.3) is 5.69 Å². The summed E-state index contributed by atoms with van der Waals surface area (Å²) in [5.74, 6) is -0.191. The first-order chi connectivity index (χ1) is 12.8. The molecule has 1 amide bonds. The topological polar surface area (TPSA) is 72.3 Å². The van der Waals surface area contributed by atoms with Crippen molar-refractivity contribution in [2.24, 2.45) is 0 Å². The summed E-state index contributed by atoms with van der Waals surface area (Å²) in [5.41, 5.74) is 2.26. The normalized spacial score (nSPS) is 15.1. The van der Waals surface area contributed by atoms with Gasteiger partial charge in [0.1, 0.15) is 0 Å². The average molecular weight is 369 g/mol. The van der Waals surface area contributed by atoms with Crippen LogP contribution in [0.1, 0.15) is 16.1 Å². The minimum Gasteiger partial charge on any atom is -0.379 e. The zero-order valence-electron chi connectivity index (χ0n) is 14.2. The number of hydrogen-bond donors (Lipinski definition) is 1. The number of thiazole rings is 1. The van der Waals surface area contributed by atoms with Crippen LogP contribution >= 0.6 is 11.3 Å². The van der Waals surface area contributed by atoms with Crippen molar-refractivity contribution in [1.82, 2.24) is 19.7 Å². The van der Waals surface area contributed by atoms with Crippen LogP contribution < -0.4 is 5.32 Å². The fourth-order valence-corrected chi connectivity index (χ4v) is 3.56. The Morgan fingerprint density at radius 1 is 1.23 bits per heavy atom. The maximum Gasteiger partial charge on any atom is 0.259 e. The highest BCUT2D eigenvalue weighted by molar-refractivity contribution is 7.14. The second kappa shape index (κ2) is 7.77. The molecule has 0 radical (unpaired) electrons. The number of hydrogen-bond acceptors (Lipinski definition) is 6. The predicted molar refractivity (Wildman–Crippen MR) is 99.7 cm³/mol. The van der Waals surface area contributed by atoms with E-state index in [0.29, 0.717) is 10.7 Å². The molecule has 1 N–H and O–H groups in total. The van der Waals surface area contributed by atoms with E-state index in [-0.39, 0.29) is 5.91 Å². The minimum atomic E-state index is -0.191. The van der Waals surface area contributed by atoms with Gasteiger partial charge in [-0.2, -0.15) is 5.10 Å². The number of nitrogens with one attached hydrogen (secondary N) is 1. The molecule has 0 spiro atoms. The maximum atomic E-state index is 12.7. The van der Waals surface area contributed by atoms with Gasteiger partial charge in [-0.3, -0.25) is 15.0 Å². The van der Waals surface area contributed by atoms with Crippen LogP contribution in [0.2, 0.25) is 0 Å². The van der Waals surface area contributed by atoms with E-state index in [0.717, 1.165) is 44.2 Å². The SMILES string of the molecule is O=C(Nc1nc(CN2CCOCC2)cs1)c1ccccc1-n1cccn1. The molecule has 1 aliphatic rings. The number of morpholine rings is 1. The van der Waals surface area contributed by atoms with Gasteiger partial charge in [0, 0.05) is 37.4 Å². The number of amides is 1. The predicted octanol–water partition coefficient (Wildman–Crippen LogP) is 2.41. The van der Waals surface area contributed by atoms with Crippen LogP contribution in [0.3, 0.4) is 0 Å². The van der Waals surface area contributed by atoms with Gasteiger partial charge in [-0.1, -0.05) is 12.1 Å². The molecule has 1 fully saturated rings. The van der Waals surface area contributed by atoms with Crippen LogP contribution in [0.15, 0.2) is 48.1 Å². The molecular formula is C18H19N5O2S. The molecule has 26 heavy (non-hydrogen) atoms. The summed E-state index contributed by atoms with van der Waals surface area (Å²) >= 11 is 1.44. The molecule has 3 aromatic rings. The molecule has 1 aromatic carbocycles. The van der Waals surface area contributed by atoms with Gasteiger partial charge in [0.2, 0.25) is 0 Å². The van der Waals surface area contributed by atoms with Gasteiger partial charge in [-0.15, -0.1) is 11.3 Å². The van der Waals surface area contributed by atoms with E-state index in [4.69, 9.17) is 4.74 Å². The van der Waals surface area contributed by atoms with Crippen molar-refractivity contribution in [3.05, 3.63) is 59.4 Å². The van der Waals surface area contributed by atoms with Crippen LogP contribution in [0, 0.1) is 0 Å². The van der Waals surface area contributed by atoms with Gasteiger partial charge >= 0.3 is 0 Å². The molecule has 0 unspecified atom stereocenters. The summed E-state index contributed by atoms with van der Waals surface area (Å²) in [5, 5.41) is 9.71. The molecule has 4 rings (SSSR count). The standard InChI is InChI=1S/C18H19N5O2S/c24-17(15-4-1-2-5-16(15)23-7-3-6-19-23)21-18-20-14(13-26-18)12-22-8-10-25-11-9-22/h1-7,13H,8-12H2,(H,20,21,24). The number of carbonyl (C=O) groups excluding carboxylic acids is 1. The number of nitrogens with zero attached hydrogens (tertiary/aromatic N) is 4. The highest BCUT2D eigenvalue weighted by atomic mass is 32.1. The zero-order chi connectivity index (χ0) is 17.8. The number of para-hydroxylation sites is 1. The summed E-state index contributed by atoms with van der Waals surface area (Å²) in [7, 11) is 0. The smallest absolute Gasteiger partial charge is 0.259 e. The Morgan fingerprint density at radius 2 is 2.08 bits per heavy atom. The molecule has 0 bridgehead atoms. The fraction of sp³-hybridized carbons (Fsp3) is 0.278. The summed E-state index contributed by atoms with van der Waals surface area (Å²) in [6.45, 7) is 4.13. The van der Waals surface area contributed by atoms with Gasteiger partial charge in [0.25, 0.3) is 5.91 Å². The Morgan fingerprint density at radius 3 is 2.88 bits per heavy atom. The molecule has 7 nitrogen and oxygen atoms in total. The van der Waals surface area contributed by atoms with E-state index in [1.165, 1.54) is 11.3 Å². The van der Waals surface area contributed by atoms with E-state index in [9.17, 15) is 4.79 Å².